The van der Waals surface area contributed by atoms with Gasteiger partial charge in [-0.2, -0.15) is 0 Å². The summed E-state index contributed by atoms with van der Waals surface area (Å²) in [6, 6.07) is 50.7. The summed E-state index contributed by atoms with van der Waals surface area (Å²) in [6.07, 6.45) is 0. The van der Waals surface area contributed by atoms with Crippen LogP contribution >= 0.6 is 0 Å². The van der Waals surface area contributed by atoms with E-state index in [0.29, 0.717) is 0 Å². The first kappa shape index (κ1) is 56.4. The van der Waals surface area contributed by atoms with Crippen LogP contribution in [0.25, 0.3) is 109 Å². The maximum Gasteiger partial charge on any atom is -0.00139 e. The number of rotatable bonds is 2. The molecule has 2 aliphatic rings. The average Bonchev–Trinajstić information content (AvgIpc) is 1.47. The molecule has 0 unspecified atom stereocenters. The lowest BCUT2D eigenvalue weighted by Gasteiger charge is -2.28. The molecule has 0 heteroatoms. The lowest BCUT2D eigenvalue weighted by Crippen LogP contribution is -2.16. The lowest BCUT2D eigenvalue weighted by molar-refractivity contribution is 0.568. The van der Waals surface area contributed by atoms with Crippen LogP contribution in [-0.2, 0) is 43.3 Å². The van der Waals surface area contributed by atoms with E-state index in [1.165, 1.54) is 175 Å². The van der Waals surface area contributed by atoms with Gasteiger partial charge in [0.25, 0.3) is 0 Å². The standard InChI is InChI=1S/C84H92/c1-77(2,3)47-31-45(32-48(35-47)78(4,5)6)71-59-37-55-57(65-43-69(83(19,20)21)53-29-25-27-51-67(81(13,14)15)41-63(55)75(65)73(51)53)39-61(59)72(46-33-49(79(7,8)9)36-50(34-46)80(10,11)12)62-40-58-56(38-60(62)71)64-42-68(82(16,17)18)52-28-26-30-54-70(84(22,23)24)44-66(58)76(64)74(52)54/h25-44H,1-24H3. The van der Waals surface area contributed by atoms with Gasteiger partial charge in [-0.3, -0.25) is 0 Å². The number of hydrogen-bond acceptors (Lipinski definition) is 0. The van der Waals surface area contributed by atoms with Crippen LogP contribution in [0.3, 0.4) is 0 Å². The maximum atomic E-state index is 2.69. The second-order valence-electron chi connectivity index (χ2n) is 34.3. The minimum atomic E-state index is -0.0880. The molecule has 0 radical (unpaired) electrons. The van der Waals surface area contributed by atoms with E-state index in [2.05, 4.69) is 287 Å². The summed E-state index contributed by atoms with van der Waals surface area (Å²) < 4.78 is 0. The highest BCUT2D eigenvalue weighted by Crippen LogP contribution is 2.55. The van der Waals surface area contributed by atoms with Crippen molar-refractivity contribution in [3.8, 4) is 44.5 Å². The highest BCUT2D eigenvalue weighted by molar-refractivity contribution is 6.26. The first-order valence-electron chi connectivity index (χ1n) is 31.6. The van der Waals surface area contributed by atoms with Crippen LogP contribution < -0.4 is 0 Å². The van der Waals surface area contributed by atoms with Crippen molar-refractivity contribution in [3.63, 3.8) is 0 Å². The summed E-state index contributed by atoms with van der Waals surface area (Å²) in [5.41, 5.74) is 21.1. The molecule has 0 aromatic heterocycles. The van der Waals surface area contributed by atoms with Crippen molar-refractivity contribution < 1.29 is 0 Å². The highest BCUT2D eigenvalue weighted by atomic mass is 14.4. The van der Waals surface area contributed by atoms with Crippen LogP contribution in [0.2, 0.25) is 0 Å². The third-order valence-corrected chi connectivity index (χ3v) is 19.7. The monoisotopic (exact) mass is 1100 g/mol. The SMILES string of the molecule is CC(C)(C)c1cc(-c2c3cc4c(cc3c(-c3cc(C(C)(C)C)cc(C(C)(C)C)c3)c3cc5c(cc23)=c2cc(C(C)(C)C)c3cccc6c(C(C)(C)C)cc-5c2c63)=c2cc(C(C)(C)C)c3cccc5c(C(C)(C)C)cc-4c2c53)cc(C(C)(C)C)c1. The molecule has 0 nitrogen and oxygen atoms in total. The Balaban J connectivity index is 1.35. The Morgan fingerprint density at radius 2 is 0.464 bits per heavy atom. The van der Waals surface area contributed by atoms with E-state index >= 15 is 0 Å². The molecule has 11 aromatic carbocycles. The van der Waals surface area contributed by atoms with E-state index < -0.39 is 0 Å². The zero-order valence-corrected chi connectivity index (χ0v) is 55.5. The fourth-order valence-corrected chi connectivity index (χ4v) is 15.0. The summed E-state index contributed by atoms with van der Waals surface area (Å²) >= 11 is 0. The van der Waals surface area contributed by atoms with Gasteiger partial charge in [0, 0.05) is 0 Å². The maximum absolute atomic E-state index is 2.69. The van der Waals surface area contributed by atoms with E-state index in [0.717, 1.165) is 0 Å². The molecule has 0 amide bonds. The second-order valence-corrected chi connectivity index (χ2v) is 34.3. The summed E-state index contributed by atoms with van der Waals surface area (Å²) in [7, 11) is 0. The summed E-state index contributed by atoms with van der Waals surface area (Å²) in [4.78, 5) is 0. The zero-order chi connectivity index (χ0) is 60.6. The van der Waals surface area contributed by atoms with Gasteiger partial charge in [-0.05, 0) is 266 Å². The molecule has 0 N–H and O–H groups in total. The second kappa shape index (κ2) is 17.5. The number of fused-ring (bicyclic) bond motifs is 6. The molecule has 11 aromatic rings. The summed E-state index contributed by atoms with van der Waals surface area (Å²) in [5, 5.41) is 21.8. The van der Waals surface area contributed by atoms with Crippen LogP contribution in [0.1, 0.15) is 211 Å². The van der Waals surface area contributed by atoms with Crippen molar-refractivity contribution in [1.29, 1.82) is 0 Å². The van der Waals surface area contributed by atoms with Crippen molar-refractivity contribution in [2.45, 2.75) is 209 Å². The van der Waals surface area contributed by atoms with E-state index in [-0.39, 0.29) is 43.3 Å². The van der Waals surface area contributed by atoms with E-state index in [1.807, 2.05) is 0 Å². The molecular formula is C84H92. The van der Waals surface area contributed by atoms with Crippen LogP contribution in [0.15, 0.2) is 121 Å². The number of benzene rings is 11. The van der Waals surface area contributed by atoms with Crippen LogP contribution in [-0.4, -0.2) is 0 Å². The van der Waals surface area contributed by atoms with Crippen molar-refractivity contribution in [2.75, 3.05) is 0 Å². The van der Waals surface area contributed by atoms with Gasteiger partial charge in [0.2, 0.25) is 0 Å². The van der Waals surface area contributed by atoms with Gasteiger partial charge in [-0.1, -0.05) is 239 Å². The summed E-state index contributed by atoms with van der Waals surface area (Å²) in [5.74, 6) is 0. The minimum absolute atomic E-state index is 0.0830. The fraction of sp³-hybridized carbons (Fsp3) is 0.381. The van der Waals surface area contributed by atoms with E-state index in [9.17, 15) is 0 Å². The smallest absolute Gasteiger partial charge is 0.00139 e. The lowest BCUT2D eigenvalue weighted by atomic mass is 9.76. The van der Waals surface area contributed by atoms with Crippen molar-refractivity contribution in [3.05, 3.63) is 187 Å². The molecule has 0 saturated heterocycles. The fourth-order valence-electron chi connectivity index (χ4n) is 15.0. The predicted molar refractivity (Wildman–Crippen MR) is 369 cm³/mol. The van der Waals surface area contributed by atoms with Crippen molar-refractivity contribution in [1.82, 2.24) is 0 Å². The molecule has 0 bridgehead atoms. The molecule has 0 fully saturated rings. The topological polar surface area (TPSA) is 0 Å². The normalized spacial score (nSPS) is 14.2. The minimum Gasteiger partial charge on any atom is -0.0610 e. The molecular weight excluding hydrogens is 1010 g/mol. The van der Waals surface area contributed by atoms with E-state index in [1.54, 1.807) is 0 Å². The van der Waals surface area contributed by atoms with Gasteiger partial charge < -0.3 is 0 Å². The van der Waals surface area contributed by atoms with Crippen molar-refractivity contribution in [2.24, 2.45) is 0 Å². The largest absolute Gasteiger partial charge is 0.0610 e. The third kappa shape index (κ3) is 8.47. The van der Waals surface area contributed by atoms with Gasteiger partial charge in [-0.25, -0.2) is 0 Å². The molecule has 0 saturated carbocycles. The Hall–Kier alpha value is -6.76. The van der Waals surface area contributed by atoms with Crippen molar-refractivity contribution >= 4 is 64.6 Å². The predicted octanol–water partition coefficient (Wildman–Crippen LogP) is 24.3. The first-order valence-corrected chi connectivity index (χ1v) is 31.6. The van der Waals surface area contributed by atoms with Crippen LogP contribution in [0.4, 0.5) is 0 Å². The van der Waals surface area contributed by atoms with Gasteiger partial charge in [0.05, 0.1) is 0 Å². The molecule has 2 aliphatic carbocycles. The van der Waals surface area contributed by atoms with Crippen LogP contribution in [0.5, 0.6) is 0 Å². The number of hydrogen-bond donors (Lipinski definition) is 0. The third-order valence-electron chi connectivity index (χ3n) is 19.7. The van der Waals surface area contributed by atoms with Crippen LogP contribution in [0, 0.1) is 20.9 Å². The average molecular weight is 1100 g/mol. The quantitative estimate of drug-likeness (QED) is 0.151. The Bertz CT molecular complexity index is 4500. The molecule has 0 aliphatic heterocycles. The highest BCUT2D eigenvalue weighted by Gasteiger charge is 2.34. The Morgan fingerprint density at radius 1 is 0.202 bits per heavy atom. The zero-order valence-electron chi connectivity index (χ0n) is 55.5. The Morgan fingerprint density at radius 3 is 0.726 bits per heavy atom. The Labute approximate surface area is 502 Å². The Kier molecular flexibility index (Phi) is 11.7. The molecule has 84 heavy (non-hydrogen) atoms. The van der Waals surface area contributed by atoms with E-state index in [4.69, 9.17) is 0 Å². The molecule has 0 spiro atoms. The summed E-state index contributed by atoms with van der Waals surface area (Å²) in [6.45, 7) is 57.7. The molecule has 428 valence electrons. The molecule has 13 rings (SSSR count). The van der Waals surface area contributed by atoms with Gasteiger partial charge in [0.15, 0.2) is 0 Å². The van der Waals surface area contributed by atoms with Gasteiger partial charge in [-0.15, -0.1) is 0 Å². The van der Waals surface area contributed by atoms with Gasteiger partial charge in [0.1, 0.15) is 0 Å². The van der Waals surface area contributed by atoms with Gasteiger partial charge >= 0.3 is 0 Å². The first-order chi connectivity index (χ1) is 38.7. The molecule has 0 heterocycles. The molecule has 0 atom stereocenters.